The Kier molecular flexibility index (Phi) is 6.35. The highest BCUT2D eigenvalue weighted by molar-refractivity contribution is 9.10. The fraction of sp³-hybridized carbons (Fsp3) is 0.571. The topological polar surface area (TPSA) is 24.5 Å². The molecule has 0 spiro atoms. The van der Waals surface area contributed by atoms with Gasteiger partial charge >= 0.3 is 0 Å². The largest absolute Gasteiger partial charge is 0.379 e. The molecule has 0 bridgehead atoms. The lowest BCUT2D eigenvalue weighted by atomic mass is 10.2. The summed E-state index contributed by atoms with van der Waals surface area (Å²) in [4.78, 5) is 2.34. The minimum atomic E-state index is -0.516. The second kappa shape index (κ2) is 8.02. The van der Waals surface area contributed by atoms with Gasteiger partial charge in [-0.1, -0.05) is 15.9 Å². The van der Waals surface area contributed by atoms with Gasteiger partial charge in [-0.3, -0.25) is 4.90 Å². The Balaban J connectivity index is 1.68. The fourth-order valence-electron chi connectivity index (χ4n) is 2.21. The summed E-state index contributed by atoms with van der Waals surface area (Å²) in [5.41, 5.74) is 0.0968. The van der Waals surface area contributed by atoms with Gasteiger partial charge in [-0.2, -0.15) is 0 Å². The summed E-state index contributed by atoms with van der Waals surface area (Å²) in [5.74, 6) is -1.03. The summed E-state index contributed by atoms with van der Waals surface area (Å²) in [7, 11) is 0. The number of ether oxygens (including phenoxy) is 1. The summed E-state index contributed by atoms with van der Waals surface area (Å²) in [6, 6.07) is 2.57. The number of nitrogens with zero attached hydrogens (tertiary/aromatic N) is 1. The molecule has 1 N–H and O–H groups in total. The smallest absolute Gasteiger partial charge is 0.131 e. The lowest BCUT2D eigenvalue weighted by molar-refractivity contribution is 0.0374. The van der Waals surface area contributed by atoms with Gasteiger partial charge in [-0.25, -0.2) is 8.78 Å². The second-order valence-corrected chi connectivity index (χ2v) is 5.75. The van der Waals surface area contributed by atoms with Crippen LogP contribution in [0.4, 0.5) is 8.78 Å². The summed E-state index contributed by atoms with van der Waals surface area (Å²) in [6.45, 7) is 5.47. The Labute approximate surface area is 126 Å². The maximum Gasteiger partial charge on any atom is 0.131 e. The molecule has 0 atom stereocenters. The standard InChI is InChI=1S/C14H19BrF2N2O/c15-11-8-13(16)12(14(17)9-11)10-18-2-1-3-19-4-6-20-7-5-19/h8-9,18H,1-7,10H2. The third kappa shape index (κ3) is 4.77. The van der Waals surface area contributed by atoms with Crippen LogP contribution in [0.1, 0.15) is 12.0 Å². The molecular formula is C14H19BrF2N2O. The van der Waals surface area contributed by atoms with Crippen LogP contribution in [0.2, 0.25) is 0 Å². The van der Waals surface area contributed by atoms with Gasteiger partial charge in [0.05, 0.1) is 13.2 Å². The highest BCUT2D eigenvalue weighted by atomic mass is 79.9. The summed E-state index contributed by atoms with van der Waals surface area (Å²) < 4.78 is 32.9. The van der Waals surface area contributed by atoms with Gasteiger partial charge in [0.1, 0.15) is 11.6 Å². The number of benzene rings is 1. The molecule has 0 unspecified atom stereocenters. The van der Waals surface area contributed by atoms with Gasteiger partial charge in [-0.15, -0.1) is 0 Å². The van der Waals surface area contributed by atoms with Crippen LogP contribution in [0.15, 0.2) is 16.6 Å². The molecule has 1 aliphatic rings. The molecule has 0 saturated carbocycles. The molecule has 1 aromatic carbocycles. The molecule has 0 aliphatic carbocycles. The van der Waals surface area contributed by atoms with Crippen molar-refractivity contribution in [2.45, 2.75) is 13.0 Å². The fourth-order valence-corrected chi connectivity index (χ4v) is 2.61. The molecule has 1 aromatic rings. The summed E-state index contributed by atoms with van der Waals surface area (Å²) >= 11 is 3.07. The van der Waals surface area contributed by atoms with Crippen LogP contribution in [0.3, 0.4) is 0 Å². The van der Waals surface area contributed by atoms with E-state index in [1.165, 1.54) is 12.1 Å². The molecule has 0 radical (unpaired) electrons. The number of nitrogens with one attached hydrogen (secondary N) is 1. The number of rotatable bonds is 6. The molecule has 0 amide bonds. The second-order valence-electron chi connectivity index (χ2n) is 4.83. The first-order valence-electron chi connectivity index (χ1n) is 6.81. The zero-order valence-corrected chi connectivity index (χ0v) is 12.9. The first kappa shape index (κ1) is 15.8. The molecule has 1 aliphatic heterocycles. The quantitative estimate of drug-likeness (QED) is 0.799. The molecule has 1 heterocycles. The van der Waals surface area contributed by atoms with Crippen molar-refractivity contribution in [1.82, 2.24) is 10.2 Å². The molecule has 0 aromatic heterocycles. The normalized spacial score (nSPS) is 16.6. The van der Waals surface area contributed by atoms with Crippen LogP contribution in [0.25, 0.3) is 0 Å². The summed E-state index contributed by atoms with van der Waals surface area (Å²) in [6.07, 6.45) is 0.958. The zero-order valence-electron chi connectivity index (χ0n) is 11.3. The molecule has 1 saturated heterocycles. The molecule has 20 heavy (non-hydrogen) atoms. The van der Waals surface area contributed by atoms with Gasteiger partial charge in [0.2, 0.25) is 0 Å². The highest BCUT2D eigenvalue weighted by Gasteiger charge is 2.11. The third-order valence-corrected chi connectivity index (χ3v) is 3.80. The SMILES string of the molecule is Fc1cc(Br)cc(F)c1CNCCCN1CCOCC1. The van der Waals surface area contributed by atoms with E-state index in [1.807, 2.05) is 0 Å². The summed E-state index contributed by atoms with van der Waals surface area (Å²) in [5, 5.41) is 3.09. The van der Waals surface area contributed by atoms with Crippen molar-refractivity contribution in [2.75, 3.05) is 39.4 Å². The Morgan fingerprint density at radius 1 is 1.20 bits per heavy atom. The highest BCUT2D eigenvalue weighted by Crippen LogP contribution is 2.19. The lowest BCUT2D eigenvalue weighted by Gasteiger charge is -2.26. The van der Waals surface area contributed by atoms with E-state index in [4.69, 9.17) is 4.74 Å². The van der Waals surface area contributed by atoms with Gasteiger partial charge in [0.15, 0.2) is 0 Å². The minimum absolute atomic E-state index is 0.0968. The molecule has 3 nitrogen and oxygen atoms in total. The molecule has 112 valence electrons. The van der Waals surface area contributed by atoms with E-state index >= 15 is 0 Å². The molecular weight excluding hydrogens is 330 g/mol. The van der Waals surface area contributed by atoms with Crippen LogP contribution >= 0.6 is 15.9 Å². The molecule has 6 heteroatoms. The Morgan fingerprint density at radius 2 is 1.85 bits per heavy atom. The number of hydrogen-bond acceptors (Lipinski definition) is 3. The Hall–Kier alpha value is -0.560. The maximum absolute atomic E-state index is 13.6. The van der Waals surface area contributed by atoms with Crippen LogP contribution in [-0.4, -0.2) is 44.3 Å². The number of hydrogen-bond donors (Lipinski definition) is 1. The first-order chi connectivity index (χ1) is 9.66. The average molecular weight is 349 g/mol. The van der Waals surface area contributed by atoms with E-state index in [0.29, 0.717) is 4.47 Å². The Bertz CT molecular complexity index is 416. The van der Waals surface area contributed by atoms with Crippen molar-refractivity contribution in [2.24, 2.45) is 0 Å². The first-order valence-corrected chi connectivity index (χ1v) is 7.60. The average Bonchev–Trinajstić information content (AvgIpc) is 2.42. The van der Waals surface area contributed by atoms with Crippen LogP contribution in [-0.2, 0) is 11.3 Å². The zero-order chi connectivity index (χ0) is 14.4. The van der Waals surface area contributed by atoms with Crippen molar-refractivity contribution < 1.29 is 13.5 Å². The van der Waals surface area contributed by atoms with Crippen molar-refractivity contribution in [3.63, 3.8) is 0 Å². The third-order valence-electron chi connectivity index (χ3n) is 3.34. The van der Waals surface area contributed by atoms with E-state index in [0.717, 1.165) is 45.8 Å². The van der Waals surface area contributed by atoms with Gasteiger partial charge in [0, 0.05) is 29.7 Å². The Morgan fingerprint density at radius 3 is 2.50 bits per heavy atom. The monoisotopic (exact) mass is 348 g/mol. The van der Waals surface area contributed by atoms with E-state index in [9.17, 15) is 8.78 Å². The predicted molar refractivity (Wildman–Crippen MR) is 77.6 cm³/mol. The predicted octanol–water partition coefficient (Wildman–Crippen LogP) is 2.54. The van der Waals surface area contributed by atoms with E-state index in [2.05, 4.69) is 26.1 Å². The maximum atomic E-state index is 13.6. The number of morpholine rings is 1. The molecule has 2 rings (SSSR count). The van der Waals surface area contributed by atoms with E-state index < -0.39 is 11.6 Å². The van der Waals surface area contributed by atoms with Gasteiger partial charge in [0.25, 0.3) is 0 Å². The van der Waals surface area contributed by atoms with Crippen LogP contribution in [0, 0.1) is 11.6 Å². The number of halogens is 3. The van der Waals surface area contributed by atoms with Gasteiger partial charge < -0.3 is 10.1 Å². The van der Waals surface area contributed by atoms with E-state index in [1.54, 1.807) is 0 Å². The van der Waals surface area contributed by atoms with Crippen LogP contribution < -0.4 is 5.32 Å². The van der Waals surface area contributed by atoms with Crippen molar-refractivity contribution in [3.8, 4) is 0 Å². The van der Waals surface area contributed by atoms with Crippen molar-refractivity contribution >= 4 is 15.9 Å². The molecule has 1 fully saturated rings. The minimum Gasteiger partial charge on any atom is -0.379 e. The lowest BCUT2D eigenvalue weighted by Crippen LogP contribution is -2.37. The van der Waals surface area contributed by atoms with Crippen LogP contribution in [0.5, 0.6) is 0 Å². The van der Waals surface area contributed by atoms with Gasteiger partial charge in [-0.05, 0) is 31.6 Å². The van der Waals surface area contributed by atoms with E-state index in [-0.39, 0.29) is 12.1 Å². The van der Waals surface area contributed by atoms with Crippen molar-refractivity contribution in [3.05, 3.63) is 33.8 Å². The van der Waals surface area contributed by atoms with Crippen molar-refractivity contribution in [1.29, 1.82) is 0 Å².